The number of carbonyl (C=O) groups excluding carboxylic acids is 2. The number of carbonyl (C=O) groups is 2. The zero-order chi connectivity index (χ0) is 20.1. The highest BCUT2D eigenvalue weighted by atomic mass is 16.5. The first-order chi connectivity index (χ1) is 12.8. The van der Waals surface area contributed by atoms with E-state index in [-0.39, 0.29) is 17.5 Å². The van der Waals surface area contributed by atoms with Gasteiger partial charge in [-0.3, -0.25) is 9.59 Å². The van der Waals surface area contributed by atoms with Crippen LogP contribution in [0.15, 0.2) is 29.2 Å². The molecule has 0 radical (unpaired) electrons. The van der Waals surface area contributed by atoms with E-state index in [0.717, 1.165) is 13.3 Å². The van der Waals surface area contributed by atoms with Crippen molar-refractivity contribution in [2.24, 2.45) is 5.73 Å². The molecule has 1 aromatic heterocycles. The number of ether oxygens (including phenoxy) is 3. The van der Waals surface area contributed by atoms with Gasteiger partial charge in [-0.1, -0.05) is 6.07 Å². The molecule has 0 spiro atoms. The number of amides is 1. The topological polar surface area (TPSA) is 141 Å². The van der Waals surface area contributed by atoms with Gasteiger partial charge in [-0.2, -0.15) is 0 Å². The van der Waals surface area contributed by atoms with E-state index in [4.69, 9.17) is 15.2 Å². The number of methoxy groups -OCH3 is 3. The largest absolute Gasteiger partial charge is 0.506 e. The number of aromatic amines is 1. The third kappa shape index (κ3) is 4.02. The van der Waals surface area contributed by atoms with Gasteiger partial charge in [-0.15, -0.1) is 0 Å². The average Bonchev–Trinajstić information content (AvgIpc) is 2.65. The Hall–Kier alpha value is -3.49. The third-order valence-electron chi connectivity index (χ3n) is 4.07. The van der Waals surface area contributed by atoms with E-state index < -0.39 is 29.1 Å². The summed E-state index contributed by atoms with van der Waals surface area (Å²) in [5.74, 6) is -2.22. The summed E-state index contributed by atoms with van der Waals surface area (Å²) in [6.07, 6.45) is 0.764. The molecule has 0 saturated carbocycles. The molecule has 1 atom stereocenters. The van der Waals surface area contributed by atoms with Crippen LogP contribution in [0.2, 0.25) is 0 Å². The predicted molar refractivity (Wildman–Crippen MR) is 95.3 cm³/mol. The molecule has 0 saturated heterocycles. The number of rotatable bonds is 7. The van der Waals surface area contributed by atoms with Crippen molar-refractivity contribution in [3.8, 4) is 17.2 Å². The van der Waals surface area contributed by atoms with Crippen LogP contribution in [-0.2, 0) is 9.53 Å². The summed E-state index contributed by atoms with van der Waals surface area (Å²) in [6, 6.07) is 4.77. The van der Waals surface area contributed by atoms with Gasteiger partial charge in [0.2, 0.25) is 5.91 Å². The number of pyridine rings is 1. The van der Waals surface area contributed by atoms with E-state index >= 15 is 0 Å². The van der Waals surface area contributed by atoms with Crippen LogP contribution in [0, 0.1) is 0 Å². The van der Waals surface area contributed by atoms with E-state index in [1.807, 2.05) is 0 Å². The highest BCUT2D eigenvalue weighted by Gasteiger charge is 2.28. The number of hydrogen-bond donors (Lipinski definition) is 3. The first kappa shape index (κ1) is 19.8. The van der Waals surface area contributed by atoms with Crippen molar-refractivity contribution >= 4 is 11.9 Å². The summed E-state index contributed by atoms with van der Waals surface area (Å²) in [4.78, 5) is 38.2. The molecule has 1 aromatic carbocycles. The van der Waals surface area contributed by atoms with Gasteiger partial charge < -0.3 is 30.0 Å². The maximum atomic E-state index is 12.4. The number of primary amides is 1. The second-order valence-corrected chi connectivity index (χ2v) is 5.62. The lowest BCUT2D eigenvalue weighted by molar-refractivity contribution is -0.118. The number of H-pyrrole nitrogens is 1. The summed E-state index contributed by atoms with van der Waals surface area (Å²) < 4.78 is 15.0. The van der Waals surface area contributed by atoms with Gasteiger partial charge >= 0.3 is 5.97 Å². The third-order valence-corrected chi connectivity index (χ3v) is 4.07. The molecule has 1 amide bonds. The van der Waals surface area contributed by atoms with Crippen molar-refractivity contribution < 1.29 is 28.9 Å². The Morgan fingerprint density at radius 1 is 1.19 bits per heavy atom. The fraction of sp³-hybridized carbons (Fsp3) is 0.278. The number of benzene rings is 1. The Morgan fingerprint density at radius 3 is 2.41 bits per heavy atom. The lowest BCUT2D eigenvalue weighted by Crippen LogP contribution is -2.24. The summed E-state index contributed by atoms with van der Waals surface area (Å²) in [6.45, 7) is 0. The molecule has 144 valence electrons. The van der Waals surface area contributed by atoms with Crippen molar-refractivity contribution in [3.05, 3.63) is 51.4 Å². The standard InChI is InChI=1S/C18H20N2O7/c1-25-12-5-4-9(6-13(12)26-2)10(7-14(19)21)15-16(22)11(18(24)27-3)8-20-17(15)23/h4-6,8,10H,7H2,1-3H3,(H2,19,21)(H2,20,22,23)/t10-/m0/s1. The van der Waals surface area contributed by atoms with Gasteiger partial charge in [0.25, 0.3) is 5.56 Å². The molecule has 2 rings (SSSR count). The van der Waals surface area contributed by atoms with E-state index in [2.05, 4.69) is 9.72 Å². The van der Waals surface area contributed by atoms with Crippen LogP contribution in [0.25, 0.3) is 0 Å². The Morgan fingerprint density at radius 2 is 1.85 bits per heavy atom. The van der Waals surface area contributed by atoms with Crippen LogP contribution in [-0.4, -0.2) is 43.3 Å². The molecule has 0 bridgehead atoms. The zero-order valence-corrected chi connectivity index (χ0v) is 15.1. The molecule has 27 heavy (non-hydrogen) atoms. The summed E-state index contributed by atoms with van der Waals surface area (Å²) in [5, 5.41) is 10.5. The summed E-state index contributed by atoms with van der Waals surface area (Å²) in [7, 11) is 4.05. The molecular weight excluding hydrogens is 356 g/mol. The summed E-state index contributed by atoms with van der Waals surface area (Å²) in [5.41, 5.74) is 4.73. The first-order valence-electron chi connectivity index (χ1n) is 7.87. The first-order valence-corrected chi connectivity index (χ1v) is 7.87. The second kappa shape index (κ2) is 8.26. The van der Waals surface area contributed by atoms with Gasteiger partial charge in [0.15, 0.2) is 11.5 Å². The van der Waals surface area contributed by atoms with Gasteiger partial charge in [-0.05, 0) is 17.7 Å². The number of nitrogens with one attached hydrogen (secondary N) is 1. The lowest BCUT2D eigenvalue weighted by Gasteiger charge is -2.19. The van der Waals surface area contributed by atoms with Crippen molar-refractivity contribution in [1.29, 1.82) is 0 Å². The second-order valence-electron chi connectivity index (χ2n) is 5.62. The Bertz CT molecular complexity index is 920. The Balaban J connectivity index is 2.70. The molecule has 0 unspecified atom stereocenters. The predicted octanol–water partition coefficient (Wildman–Crippen LogP) is 0.892. The average molecular weight is 376 g/mol. The SMILES string of the molecule is COC(=O)c1c[nH]c(=O)c([C@@H](CC(N)=O)c2ccc(OC)c(OC)c2)c1O. The highest BCUT2D eigenvalue weighted by Crippen LogP contribution is 2.37. The highest BCUT2D eigenvalue weighted by molar-refractivity contribution is 5.92. The number of aromatic nitrogens is 1. The molecule has 0 fully saturated rings. The van der Waals surface area contributed by atoms with E-state index in [9.17, 15) is 19.5 Å². The maximum absolute atomic E-state index is 12.4. The molecule has 0 aliphatic carbocycles. The Kier molecular flexibility index (Phi) is 6.07. The summed E-state index contributed by atoms with van der Waals surface area (Å²) >= 11 is 0. The number of aromatic hydroxyl groups is 1. The van der Waals surface area contributed by atoms with Gasteiger partial charge in [0.05, 0.1) is 26.9 Å². The van der Waals surface area contributed by atoms with E-state index in [0.29, 0.717) is 17.1 Å². The van der Waals surface area contributed by atoms with Crippen LogP contribution >= 0.6 is 0 Å². The molecule has 9 nitrogen and oxygen atoms in total. The molecule has 9 heteroatoms. The molecule has 0 aliphatic heterocycles. The van der Waals surface area contributed by atoms with Gasteiger partial charge in [0.1, 0.15) is 11.3 Å². The van der Waals surface area contributed by atoms with E-state index in [1.54, 1.807) is 18.2 Å². The molecule has 4 N–H and O–H groups in total. The minimum absolute atomic E-state index is 0.177. The number of esters is 1. The smallest absolute Gasteiger partial charge is 0.343 e. The molecular formula is C18H20N2O7. The minimum atomic E-state index is -0.921. The van der Waals surface area contributed by atoms with Crippen molar-refractivity contribution in [2.75, 3.05) is 21.3 Å². The quantitative estimate of drug-likeness (QED) is 0.609. The minimum Gasteiger partial charge on any atom is -0.506 e. The van der Waals surface area contributed by atoms with Gasteiger partial charge in [0, 0.05) is 18.5 Å². The van der Waals surface area contributed by atoms with Crippen LogP contribution < -0.4 is 20.8 Å². The van der Waals surface area contributed by atoms with Crippen LogP contribution in [0.5, 0.6) is 17.2 Å². The van der Waals surface area contributed by atoms with Crippen LogP contribution in [0.1, 0.15) is 33.8 Å². The van der Waals surface area contributed by atoms with Crippen molar-refractivity contribution in [3.63, 3.8) is 0 Å². The van der Waals surface area contributed by atoms with Crippen molar-refractivity contribution in [1.82, 2.24) is 4.98 Å². The Labute approximate surface area is 154 Å². The maximum Gasteiger partial charge on any atom is 0.343 e. The van der Waals surface area contributed by atoms with Crippen molar-refractivity contribution in [2.45, 2.75) is 12.3 Å². The zero-order valence-electron chi connectivity index (χ0n) is 15.1. The van der Waals surface area contributed by atoms with Crippen LogP contribution in [0.4, 0.5) is 0 Å². The normalized spacial score (nSPS) is 11.5. The number of nitrogens with two attached hydrogens (primary N) is 1. The monoisotopic (exact) mass is 376 g/mol. The fourth-order valence-electron chi connectivity index (χ4n) is 2.78. The van der Waals surface area contributed by atoms with E-state index in [1.165, 1.54) is 14.2 Å². The van der Waals surface area contributed by atoms with Gasteiger partial charge in [-0.25, -0.2) is 4.79 Å². The molecule has 2 aromatic rings. The van der Waals surface area contributed by atoms with Crippen LogP contribution in [0.3, 0.4) is 0 Å². The molecule has 0 aliphatic rings. The fourth-order valence-corrected chi connectivity index (χ4v) is 2.78. The number of hydrogen-bond acceptors (Lipinski definition) is 7. The molecule has 1 heterocycles. The lowest BCUT2D eigenvalue weighted by atomic mass is 9.87.